The summed E-state index contributed by atoms with van der Waals surface area (Å²) in [6.45, 7) is 14.3. The number of sulfonamides is 2. The largest absolute Gasteiger partial charge is 0.400 e. The highest BCUT2D eigenvalue weighted by molar-refractivity contribution is 7.93. The average Bonchev–Trinajstić information content (AvgIpc) is 3.69. The number of benzene rings is 2. The fourth-order valence-corrected chi connectivity index (χ4v) is 13.1. The Bertz CT molecular complexity index is 2190. The lowest BCUT2D eigenvalue weighted by Crippen LogP contribution is -2.40. The van der Waals surface area contributed by atoms with Crippen LogP contribution in [0, 0.1) is 21.9 Å². The van der Waals surface area contributed by atoms with Gasteiger partial charge in [-0.2, -0.15) is 8.78 Å². The molecule has 58 heavy (non-hydrogen) atoms. The van der Waals surface area contributed by atoms with Crippen molar-refractivity contribution in [2.45, 2.75) is 73.2 Å². The number of aliphatic hydroxyl groups is 1. The second-order valence-electron chi connectivity index (χ2n) is 15.3. The van der Waals surface area contributed by atoms with Crippen LogP contribution in [0.1, 0.15) is 0 Å². The Hall–Kier alpha value is -2.59. The Kier molecular flexibility index (Phi) is 19.4. The molecule has 0 fully saturated rings. The normalized spacial score (nSPS) is 13.1. The minimum atomic E-state index is -4.30. The van der Waals surface area contributed by atoms with Gasteiger partial charge in [0.25, 0.3) is 20.0 Å². The molecule has 0 saturated carbocycles. The van der Waals surface area contributed by atoms with Gasteiger partial charge in [-0.15, -0.1) is 0 Å². The molecule has 2 aromatic heterocycles. The maximum Gasteiger partial charge on any atom is 0.266 e. The molecule has 25 heteroatoms. The summed E-state index contributed by atoms with van der Waals surface area (Å²) in [4.78, 5) is 7.94. The molecule has 2 heterocycles. The fraction of sp³-hybridized carbons (Fsp3) is 0.455. The van der Waals surface area contributed by atoms with Crippen molar-refractivity contribution in [1.82, 2.24) is 14.9 Å². The molecular formula is C33H50Cl2F4N8O5S4Si2. The molecule has 4 rings (SSSR count). The van der Waals surface area contributed by atoms with Crippen molar-refractivity contribution >= 4 is 104 Å². The zero-order valence-corrected chi connectivity index (χ0v) is 40.1. The van der Waals surface area contributed by atoms with Crippen molar-refractivity contribution in [3.05, 3.63) is 68.6 Å². The van der Waals surface area contributed by atoms with Crippen LogP contribution >= 0.6 is 45.9 Å². The van der Waals surface area contributed by atoms with E-state index in [9.17, 15) is 34.4 Å². The summed E-state index contributed by atoms with van der Waals surface area (Å²) in [7, 11) is -6.30. The summed E-state index contributed by atoms with van der Waals surface area (Å²) in [5.74, 6) is -1.96. The predicted molar refractivity (Wildman–Crippen MR) is 235 cm³/mol. The number of aliphatic hydroxyl groups excluding tert-OH is 1. The summed E-state index contributed by atoms with van der Waals surface area (Å²) < 4.78 is 109. The number of aromatic nitrogens is 2. The third-order valence-corrected chi connectivity index (χ3v) is 16.0. The number of halogens is 6. The lowest BCUT2D eigenvalue weighted by molar-refractivity contribution is 0.323. The zero-order chi connectivity index (χ0) is 44.4. The van der Waals surface area contributed by atoms with Crippen molar-refractivity contribution in [2.24, 2.45) is 5.73 Å². The first kappa shape index (κ1) is 51.6. The van der Waals surface area contributed by atoms with Gasteiger partial charge in [-0.25, -0.2) is 35.6 Å². The van der Waals surface area contributed by atoms with Crippen LogP contribution in [0.25, 0.3) is 0 Å². The molecule has 326 valence electrons. The van der Waals surface area contributed by atoms with Gasteiger partial charge in [0.1, 0.15) is 21.4 Å². The molecule has 0 radical (unpaired) electrons. The molecule has 0 aliphatic rings. The van der Waals surface area contributed by atoms with E-state index in [1.807, 2.05) is 18.8 Å². The molecule has 7 N–H and O–H groups in total. The van der Waals surface area contributed by atoms with Gasteiger partial charge in [0.15, 0.2) is 20.5 Å². The lowest BCUT2D eigenvalue weighted by Gasteiger charge is -2.30. The highest BCUT2D eigenvalue weighted by Gasteiger charge is 2.26. The van der Waals surface area contributed by atoms with Crippen LogP contribution in [0.5, 0.6) is 0 Å². The number of anilines is 4. The second kappa shape index (κ2) is 21.8. The predicted octanol–water partition coefficient (Wildman–Crippen LogP) is 8.12. The van der Waals surface area contributed by atoms with Gasteiger partial charge in [0.05, 0.1) is 33.8 Å². The standard InChI is InChI=1S/C17H25ClF2N4O2S2Si.C15H21ClF2N4O2S2Si.CH4O/c1-24(2)11(10-29(3,4)5)8-21-14-7-13(19)15(6-12(14)18)28(25,26)23-17-22-9-16(20)27-17;1-27(2,3)8-9(19)6-20-12-5-11(17)13(4-10(12)16)26(23,24)22-15-21-7-14(18)25-15;1-2/h6-7,9,11,21H,8,10H2,1-5H3,(H,22,23);4-5,7,9,20H,6,8,19H2,1-3H3,(H,21,22);2H,1H3/t11-;9-;/m11./s1. The number of likely N-dealkylation sites (N-methyl/N-ethyl adjacent to an activating group) is 1. The van der Waals surface area contributed by atoms with E-state index in [4.69, 9.17) is 34.0 Å². The number of hydrogen-bond donors (Lipinski definition) is 6. The van der Waals surface area contributed by atoms with Crippen LogP contribution in [0.4, 0.5) is 39.2 Å². The van der Waals surface area contributed by atoms with Gasteiger partial charge < -0.3 is 26.4 Å². The quantitative estimate of drug-likeness (QED) is 0.0443. The van der Waals surface area contributed by atoms with E-state index in [0.717, 1.165) is 55.9 Å². The summed E-state index contributed by atoms with van der Waals surface area (Å²) in [6, 6.07) is 6.10. The van der Waals surface area contributed by atoms with Crippen LogP contribution < -0.4 is 25.8 Å². The van der Waals surface area contributed by atoms with Gasteiger partial charge in [0, 0.05) is 48.4 Å². The summed E-state index contributed by atoms with van der Waals surface area (Å²) in [5, 5.41) is 11.5. The Labute approximate surface area is 357 Å². The molecule has 0 saturated heterocycles. The van der Waals surface area contributed by atoms with E-state index in [0.29, 0.717) is 41.5 Å². The molecule has 2 atom stereocenters. The molecule has 13 nitrogen and oxygen atoms in total. The molecule has 0 amide bonds. The topological polar surface area (TPSA) is 192 Å². The first-order valence-corrected chi connectivity index (χ1v) is 30.0. The number of nitrogens with two attached hydrogens (primary N) is 1. The minimum Gasteiger partial charge on any atom is -0.400 e. The summed E-state index contributed by atoms with van der Waals surface area (Å²) in [6.07, 6.45) is 1.74. The van der Waals surface area contributed by atoms with Gasteiger partial charge in [-0.1, -0.05) is 85.2 Å². The highest BCUT2D eigenvalue weighted by Crippen LogP contribution is 2.32. The molecule has 0 aliphatic carbocycles. The minimum absolute atomic E-state index is 0.0299. The molecule has 0 aliphatic heterocycles. The molecule has 0 bridgehead atoms. The highest BCUT2D eigenvalue weighted by atomic mass is 35.5. The van der Waals surface area contributed by atoms with Crippen molar-refractivity contribution in [3.63, 3.8) is 0 Å². The Morgan fingerprint density at radius 1 is 0.724 bits per heavy atom. The van der Waals surface area contributed by atoms with Gasteiger partial charge >= 0.3 is 0 Å². The van der Waals surface area contributed by atoms with E-state index in [1.54, 1.807) is 0 Å². The molecular weight excluding hydrogens is 920 g/mol. The van der Waals surface area contributed by atoms with E-state index in [2.05, 4.69) is 69.5 Å². The van der Waals surface area contributed by atoms with Crippen LogP contribution in [0.15, 0.2) is 46.5 Å². The van der Waals surface area contributed by atoms with Crippen molar-refractivity contribution < 1.29 is 39.5 Å². The maximum absolute atomic E-state index is 14.6. The van der Waals surface area contributed by atoms with Crippen molar-refractivity contribution in [1.29, 1.82) is 0 Å². The Morgan fingerprint density at radius 3 is 1.43 bits per heavy atom. The average molecular weight is 970 g/mol. The maximum atomic E-state index is 14.6. The smallest absolute Gasteiger partial charge is 0.266 e. The lowest BCUT2D eigenvalue weighted by atomic mass is 10.2. The number of nitrogens with zero attached hydrogens (tertiary/aromatic N) is 3. The third-order valence-electron chi connectivity index (χ3n) is 7.56. The first-order valence-electron chi connectivity index (χ1n) is 17.3. The SMILES string of the molecule is CN(C)[C@H](CNc1cc(F)c(S(=O)(=O)Nc2ncc(F)s2)cc1Cl)C[Si](C)(C)C.CO.C[Si](C)(C)C[C@H](N)CNc1cc(F)c(S(=O)(=O)Nc2ncc(F)s2)cc1Cl. The number of nitrogens with one attached hydrogen (secondary N) is 4. The van der Waals surface area contributed by atoms with Crippen molar-refractivity contribution in [3.8, 4) is 0 Å². The van der Waals surface area contributed by atoms with Gasteiger partial charge in [-0.3, -0.25) is 9.44 Å². The Balaban J connectivity index is 0.000000385. The van der Waals surface area contributed by atoms with Gasteiger partial charge in [0.2, 0.25) is 0 Å². The van der Waals surface area contributed by atoms with Gasteiger partial charge in [-0.05, 0) is 50.4 Å². The van der Waals surface area contributed by atoms with E-state index >= 15 is 0 Å². The van der Waals surface area contributed by atoms with Crippen molar-refractivity contribution in [2.75, 3.05) is 54.4 Å². The second-order valence-corrected chi connectivity index (χ2v) is 32.5. The summed E-state index contributed by atoms with van der Waals surface area (Å²) >= 11 is 13.3. The molecule has 4 aromatic rings. The Morgan fingerprint density at radius 2 is 1.10 bits per heavy atom. The van der Waals surface area contributed by atoms with E-state index in [-0.39, 0.29) is 38.1 Å². The fourth-order valence-electron chi connectivity index (χ4n) is 5.15. The number of thiazole rings is 2. The van der Waals surface area contributed by atoms with E-state index < -0.39 is 67.9 Å². The number of rotatable bonds is 17. The summed E-state index contributed by atoms with van der Waals surface area (Å²) in [5.41, 5.74) is 6.64. The van der Waals surface area contributed by atoms with E-state index in [1.165, 1.54) is 0 Å². The van der Waals surface area contributed by atoms with Crippen LogP contribution in [-0.2, 0) is 20.0 Å². The number of hydrogen-bond acceptors (Lipinski definition) is 13. The molecule has 0 spiro atoms. The zero-order valence-electron chi connectivity index (χ0n) is 33.3. The van der Waals surface area contributed by atoms with Crippen LogP contribution in [0.3, 0.4) is 0 Å². The third kappa shape index (κ3) is 16.8. The van der Waals surface area contributed by atoms with Crippen LogP contribution in [0.2, 0.25) is 61.4 Å². The van der Waals surface area contributed by atoms with Crippen LogP contribution in [-0.4, -0.2) is 99.3 Å². The molecule has 2 aromatic carbocycles. The monoisotopic (exact) mass is 968 g/mol. The first-order chi connectivity index (χ1) is 26.7. The molecule has 0 unspecified atom stereocenters.